The molecule has 1 aromatic carbocycles. The molecule has 1 N–H and O–H groups in total. The summed E-state index contributed by atoms with van der Waals surface area (Å²) in [4.78, 5) is 11.9. The predicted octanol–water partition coefficient (Wildman–Crippen LogP) is 2.95. The van der Waals surface area contributed by atoms with Crippen LogP contribution >= 0.6 is 0 Å². The molecule has 5 heteroatoms. The van der Waals surface area contributed by atoms with Gasteiger partial charge in [-0.1, -0.05) is 24.3 Å². The summed E-state index contributed by atoms with van der Waals surface area (Å²) in [7, 11) is 1.88. The van der Waals surface area contributed by atoms with Gasteiger partial charge in [-0.2, -0.15) is 5.10 Å². The molecule has 0 spiro atoms. The third-order valence-electron chi connectivity index (χ3n) is 4.68. The second-order valence-corrected chi connectivity index (χ2v) is 6.68. The fourth-order valence-electron chi connectivity index (χ4n) is 3.36. The Morgan fingerprint density at radius 1 is 1.40 bits per heavy atom. The Bertz CT molecular complexity index is 696. The van der Waals surface area contributed by atoms with E-state index in [1.54, 1.807) is 4.68 Å². The second kappa shape index (κ2) is 8.81. The average Bonchev–Trinajstić information content (AvgIpc) is 3.05. The van der Waals surface area contributed by atoms with Crippen LogP contribution in [0.15, 0.2) is 36.7 Å². The van der Waals surface area contributed by atoms with Crippen molar-refractivity contribution in [1.29, 1.82) is 0 Å². The number of aromatic nitrogens is 2. The monoisotopic (exact) mass is 341 g/mol. The second-order valence-electron chi connectivity index (χ2n) is 6.68. The van der Waals surface area contributed by atoms with E-state index >= 15 is 0 Å². The van der Waals surface area contributed by atoms with E-state index in [2.05, 4.69) is 34.7 Å². The van der Waals surface area contributed by atoms with Crippen LogP contribution in [0.4, 0.5) is 0 Å². The predicted molar refractivity (Wildman–Crippen MR) is 97.2 cm³/mol. The van der Waals surface area contributed by atoms with Crippen LogP contribution in [-0.4, -0.2) is 28.8 Å². The van der Waals surface area contributed by atoms with Crippen LogP contribution in [0.3, 0.4) is 0 Å². The lowest BCUT2D eigenvalue weighted by Crippen LogP contribution is -2.25. The zero-order chi connectivity index (χ0) is 17.5. The van der Waals surface area contributed by atoms with Crippen molar-refractivity contribution in [3.05, 3.63) is 53.3 Å². The molecule has 2 aromatic rings. The first kappa shape index (κ1) is 17.7. The summed E-state index contributed by atoms with van der Waals surface area (Å²) in [5.41, 5.74) is 3.86. The molecule has 0 saturated heterocycles. The van der Waals surface area contributed by atoms with Crippen molar-refractivity contribution in [3.63, 3.8) is 0 Å². The first-order valence-electron chi connectivity index (χ1n) is 9.16. The number of nitrogens with one attached hydrogen (secondary N) is 1. The highest BCUT2D eigenvalue weighted by Crippen LogP contribution is 2.32. The maximum absolute atomic E-state index is 11.9. The van der Waals surface area contributed by atoms with Gasteiger partial charge >= 0.3 is 0 Å². The lowest BCUT2D eigenvalue weighted by atomic mass is 9.89. The van der Waals surface area contributed by atoms with E-state index in [-0.39, 0.29) is 12.0 Å². The molecule has 1 aliphatic rings. The summed E-state index contributed by atoms with van der Waals surface area (Å²) in [5, 5.41) is 7.08. The zero-order valence-corrected chi connectivity index (χ0v) is 14.9. The van der Waals surface area contributed by atoms with Gasteiger partial charge in [0.05, 0.1) is 12.3 Å². The summed E-state index contributed by atoms with van der Waals surface area (Å²) in [6.45, 7) is 1.35. The number of carbonyl (C=O) groups excluding carboxylic acids is 1. The molecule has 1 atom stereocenters. The molecule has 0 radical (unpaired) electrons. The van der Waals surface area contributed by atoms with E-state index in [1.807, 2.05) is 19.4 Å². The molecule has 134 valence electrons. The van der Waals surface area contributed by atoms with Crippen molar-refractivity contribution in [2.24, 2.45) is 7.05 Å². The van der Waals surface area contributed by atoms with Gasteiger partial charge in [-0.25, -0.2) is 0 Å². The quantitative estimate of drug-likeness (QED) is 0.751. The molecule has 0 saturated carbocycles. The van der Waals surface area contributed by atoms with E-state index in [9.17, 15) is 4.79 Å². The molecule has 1 amide bonds. The molecule has 0 aliphatic heterocycles. The van der Waals surface area contributed by atoms with Gasteiger partial charge in [-0.05, 0) is 48.8 Å². The van der Waals surface area contributed by atoms with Crippen molar-refractivity contribution in [2.45, 2.75) is 44.6 Å². The Labute approximate surface area is 149 Å². The van der Waals surface area contributed by atoms with Crippen molar-refractivity contribution in [1.82, 2.24) is 15.1 Å². The topological polar surface area (TPSA) is 56.2 Å². The average molecular weight is 341 g/mol. The highest BCUT2D eigenvalue weighted by Gasteiger charge is 2.19. The van der Waals surface area contributed by atoms with Crippen LogP contribution in [0.25, 0.3) is 0 Å². The van der Waals surface area contributed by atoms with Gasteiger partial charge in [0.2, 0.25) is 5.91 Å². The van der Waals surface area contributed by atoms with E-state index in [0.29, 0.717) is 19.6 Å². The van der Waals surface area contributed by atoms with E-state index in [1.165, 1.54) is 17.5 Å². The van der Waals surface area contributed by atoms with Crippen molar-refractivity contribution < 1.29 is 9.53 Å². The molecule has 25 heavy (non-hydrogen) atoms. The maximum Gasteiger partial charge on any atom is 0.220 e. The summed E-state index contributed by atoms with van der Waals surface area (Å²) in [6, 6.07) is 8.57. The number of benzene rings is 1. The fourth-order valence-corrected chi connectivity index (χ4v) is 3.36. The van der Waals surface area contributed by atoms with Gasteiger partial charge < -0.3 is 10.1 Å². The molecule has 1 unspecified atom stereocenters. The van der Waals surface area contributed by atoms with Crippen LogP contribution in [0.2, 0.25) is 0 Å². The van der Waals surface area contributed by atoms with Crippen LogP contribution in [0, 0.1) is 0 Å². The molecular formula is C20H27N3O2. The highest BCUT2D eigenvalue weighted by atomic mass is 16.5. The lowest BCUT2D eigenvalue weighted by Gasteiger charge is -2.25. The van der Waals surface area contributed by atoms with Gasteiger partial charge in [0.15, 0.2) is 0 Å². The molecule has 3 rings (SSSR count). The molecule has 5 nitrogen and oxygen atoms in total. The summed E-state index contributed by atoms with van der Waals surface area (Å²) in [5.74, 6) is 0.0897. The normalized spacial score (nSPS) is 16.4. The standard InChI is InChI=1S/C20H27N3O2/c1-23-15-16(14-22-23)10-11-20(24)21-12-5-13-25-19-9-4-7-17-6-2-3-8-18(17)19/h2-3,6,8,14-15,19H,4-5,7,9-13H2,1H3,(H,21,24). The molecule has 1 aromatic heterocycles. The minimum absolute atomic E-state index is 0.0897. The minimum Gasteiger partial charge on any atom is -0.373 e. The van der Waals surface area contributed by atoms with E-state index < -0.39 is 0 Å². The van der Waals surface area contributed by atoms with Gasteiger partial charge in [0.1, 0.15) is 0 Å². The van der Waals surface area contributed by atoms with E-state index in [4.69, 9.17) is 4.74 Å². The number of hydrogen-bond acceptors (Lipinski definition) is 3. The number of fused-ring (bicyclic) bond motifs is 1. The lowest BCUT2D eigenvalue weighted by molar-refractivity contribution is -0.121. The van der Waals surface area contributed by atoms with Crippen LogP contribution in [0.5, 0.6) is 0 Å². The molecule has 0 bridgehead atoms. The molecular weight excluding hydrogens is 314 g/mol. The Kier molecular flexibility index (Phi) is 6.23. The van der Waals surface area contributed by atoms with E-state index in [0.717, 1.165) is 31.2 Å². The number of rotatable bonds is 8. The minimum atomic E-state index is 0.0897. The molecule has 1 heterocycles. The molecule has 1 aliphatic carbocycles. The highest BCUT2D eigenvalue weighted by molar-refractivity contribution is 5.76. The Morgan fingerprint density at radius 3 is 3.12 bits per heavy atom. The third kappa shape index (κ3) is 5.16. The van der Waals surface area contributed by atoms with Crippen molar-refractivity contribution in [2.75, 3.05) is 13.2 Å². The number of nitrogens with zero attached hydrogens (tertiary/aromatic N) is 2. The van der Waals surface area contributed by atoms with Crippen LogP contribution in [0.1, 0.15) is 48.5 Å². The Morgan fingerprint density at radius 2 is 2.28 bits per heavy atom. The fraction of sp³-hybridized carbons (Fsp3) is 0.500. The van der Waals surface area contributed by atoms with Gasteiger partial charge in [-0.3, -0.25) is 9.48 Å². The Hall–Kier alpha value is -2.14. The zero-order valence-electron chi connectivity index (χ0n) is 14.9. The number of hydrogen-bond donors (Lipinski definition) is 1. The molecule has 0 fully saturated rings. The van der Waals surface area contributed by atoms with Crippen molar-refractivity contribution >= 4 is 5.91 Å². The number of carbonyl (C=O) groups is 1. The smallest absolute Gasteiger partial charge is 0.220 e. The first-order valence-corrected chi connectivity index (χ1v) is 9.16. The number of ether oxygens (including phenoxy) is 1. The van der Waals surface area contributed by atoms with Gasteiger partial charge in [0.25, 0.3) is 0 Å². The summed E-state index contributed by atoms with van der Waals surface area (Å²) >= 11 is 0. The van der Waals surface area contributed by atoms with Crippen LogP contribution < -0.4 is 5.32 Å². The summed E-state index contributed by atoms with van der Waals surface area (Å²) in [6.07, 6.45) is 9.48. The third-order valence-corrected chi connectivity index (χ3v) is 4.68. The maximum atomic E-state index is 11.9. The van der Waals surface area contributed by atoms with Crippen LogP contribution in [-0.2, 0) is 29.4 Å². The summed E-state index contributed by atoms with van der Waals surface area (Å²) < 4.78 is 7.82. The van der Waals surface area contributed by atoms with Gasteiger partial charge in [0, 0.05) is 32.8 Å². The Balaban J connectivity index is 1.31. The number of amides is 1. The van der Waals surface area contributed by atoms with Crippen molar-refractivity contribution in [3.8, 4) is 0 Å². The SMILES string of the molecule is Cn1cc(CCC(=O)NCCCOC2CCCc3ccccc32)cn1. The largest absolute Gasteiger partial charge is 0.373 e. The van der Waals surface area contributed by atoms with Gasteiger partial charge in [-0.15, -0.1) is 0 Å². The first-order chi connectivity index (χ1) is 12.2. The number of aryl methyl sites for hydroxylation is 3.